The molecule has 6 nitrogen and oxygen atoms in total. The highest BCUT2D eigenvalue weighted by molar-refractivity contribution is 5.89. The molecule has 1 aromatic rings. The van der Waals surface area contributed by atoms with Gasteiger partial charge in [0.2, 0.25) is 0 Å². The third-order valence-corrected chi connectivity index (χ3v) is 3.91. The first-order valence-electron chi connectivity index (χ1n) is 7.33. The van der Waals surface area contributed by atoms with Gasteiger partial charge in [0.05, 0.1) is 6.54 Å². The molecule has 0 aromatic heterocycles. The van der Waals surface area contributed by atoms with E-state index < -0.39 is 6.09 Å². The molecule has 1 saturated heterocycles. The van der Waals surface area contributed by atoms with E-state index >= 15 is 0 Å². The van der Waals surface area contributed by atoms with Crippen molar-refractivity contribution in [3.63, 3.8) is 0 Å². The van der Waals surface area contributed by atoms with E-state index in [0.29, 0.717) is 12.6 Å². The second-order valence-electron chi connectivity index (χ2n) is 5.48. The Kier molecular flexibility index (Phi) is 3.94. The van der Waals surface area contributed by atoms with Gasteiger partial charge in [0.25, 0.3) is 0 Å². The van der Waals surface area contributed by atoms with Crippen molar-refractivity contribution in [2.45, 2.75) is 37.8 Å². The van der Waals surface area contributed by atoms with Gasteiger partial charge >= 0.3 is 12.1 Å². The summed E-state index contributed by atoms with van der Waals surface area (Å²) < 4.78 is 5.11. The molecule has 1 unspecified atom stereocenters. The second-order valence-corrected chi connectivity index (χ2v) is 5.48. The fourth-order valence-corrected chi connectivity index (χ4v) is 2.78. The van der Waals surface area contributed by atoms with E-state index in [2.05, 4.69) is 16.0 Å². The minimum Gasteiger partial charge on any atom is -0.439 e. The highest BCUT2D eigenvalue weighted by Gasteiger charge is 2.24. The van der Waals surface area contributed by atoms with Crippen LogP contribution in [0, 0.1) is 0 Å². The molecule has 2 aliphatic rings. The Bertz CT molecular complexity index is 523. The topological polar surface area (TPSA) is 79.5 Å². The van der Waals surface area contributed by atoms with E-state index in [-0.39, 0.29) is 12.1 Å². The average Bonchev–Trinajstić information content (AvgIpc) is 3.11. The predicted octanol–water partition coefficient (Wildman–Crippen LogP) is 2.53. The molecular formula is C15H19N3O3. The lowest BCUT2D eigenvalue weighted by Crippen LogP contribution is -2.36. The van der Waals surface area contributed by atoms with Gasteiger partial charge in [-0.3, -0.25) is 0 Å². The van der Waals surface area contributed by atoms with Crippen LogP contribution in [0.2, 0.25) is 0 Å². The van der Waals surface area contributed by atoms with Crippen LogP contribution in [0.5, 0.6) is 0 Å². The quantitative estimate of drug-likeness (QED) is 0.800. The minimum atomic E-state index is -0.391. The number of nitrogens with one attached hydrogen (secondary N) is 3. The van der Waals surface area contributed by atoms with Crippen molar-refractivity contribution >= 4 is 17.8 Å². The molecule has 3 N–H and O–H groups in total. The molecule has 0 spiro atoms. The van der Waals surface area contributed by atoms with Crippen LogP contribution in [-0.4, -0.2) is 24.7 Å². The van der Waals surface area contributed by atoms with Gasteiger partial charge in [-0.2, -0.15) is 0 Å². The van der Waals surface area contributed by atoms with E-state index in [0.717, 1.165) is 24.1 Å². The van der Waals surface area contributed by atoms with Crippen molar-refractivity contribution in [2.24, 2.45) is 0 Å². The first kappa shape index (κ1) is 13.7. The van der Waals surface area contributed by atoms with Crippen LogP contribution in [0.3, 0.4) is 0 Å². The molecule has 1 aliphatic heterocycles. The second kappa shape index (κ2) is 6.03. The van der Waals surface area contributed by atoms with Crippen molar-refractivity contribution in [1.82, 2.24) is 10.6 Å². The van der Waals surface area contributed by atoms with E-state index in [1.54, 1.807) is 0 Å². The maximum Gasteiger partial charge on any atom is 0.407 e. The summed E-state index contributed by atoms with van der Waals surface area (Å²) in [6.45, 7) is 0.480. The van der Waals surface area contributed by atoms with Crippen LogP contribution in [0.1, 0.15) is 37.4 Å². The largest absolute Gasteiger partial charge is 0.439 e. The summed E-state index contributed by atoms with van der Waals surface area (Å²) in [6.07, 6.45) is 3.86. The first-order valence-corrected chi connectivity index (χ1v) is 7.33. The summed E-state index contributed by atoms with van der Waals surface area (Å²) in [6, 6.07) is 7.48. The lowest BCUT2D eigenvalue weighted by molar-refractivity contribution is 0.141. The number of hydrogen-bond donors (Lipinski definition) is 3. The maximum atomic E-state index is 11.9. The molecule has 1 saturated carbocycles. The summed E-state index contributed by atoms with van der Waals surface area (Å²) in [5, 5.41) is 8.41. The Morgan fingerprint density at radius 3 is 2.52 bits per heavy atom. The van der Waals surface area contributed by atoms with Gasteiger partial charge in [-0.1, -0.05) is 25.0 Å². The number of benzene rings is 1. The standard InChI is InChI=1S/C15H19N3O3/c19-14(17-11-3-1-2-4-11)18-12-7-5-10(6-8-12)13-9-16-15(20)21-13/h5-8,11,13H,1-4,9H2,(H,16,20)(H2,17,18,19). The van der Waals surface area contributed by atoms with Gasteiger partial charge in [0.1, 0.15) is 6.10 Å². The number of urea groups is 1. The minimum absolute atomic E-state index is 0.163. The van der Waals surface area contributed by atoms with Crippen molar-refractivity contribution in [3.8, 4) is 0 Å². The molecule has 1 aliphatic carbocycles. The first-order chi connectivity index (χ1) is 10.2. The van der Waals surface area contributed by atoms with E-state index in [4.69, 9.17) is 4.74 Å². The number of cyclic esters (lactones) is 1. The van der Waals surface area contributed by atoms with Crippen LogP contribution in [0.15, 0.2) is 24.3 Å². The molecule has 1 aromatic carbocycles. The molecule has 21 heavy (non-hydrogen) atoms. The zero-order valence-electron chi connectivity index (χ0n) is 11.7. The average molecular weight is 289 g/mol. The number of alkyl carbamates (subject to hydrolysis) is 1. The molecular weight excluding hydrogens is 270 g/mol. The number of amides is 3. The lowest BCUT2D eigenvalue weighted by Gasteiger charge is -2.13. The number of anilines is 1. The van der Waals surface area contributed by atoms with Crippen LogP contribution >= 0.6 is 0 Å². The SMILES string of the molecule is O=C(Nc1ccc(C2CNC(=O)O2)cc1)NC1CCCC1. The van der Waals surface area contributed by atoms with Crippen molar-refractivity contribution in [2.75, 3.05) is 11.9 Å². The van der Waals surface area contributed by atoms with Gasteiger partial charge in [0.15, 0.2) is 0 Å². The van der Waals surface area contributed by atoms with Crippen molar-refractivity contribution in [3.05, 3.63) is 29.8 Å². The Morgan fingerprint density at radius 1 is 1.19 bits per heavy atom. The number of hydrogen-bond acceptors (Lipinski definition) is 3. The number of carbonyl (C=O) groups is 2. The number of ether oxygens (including phenoxy) is 1. The van der Waals surface area contributed by atoms with Crippen LogP contribution in [-0.2, 0) is 4.74 Å². The molecule has 0 bridgehead atoms. The summed E-state index contributed by atoms with van der Waals surface area (Å²) >= 11 is 0. The van der Waals surface area contributed by atoms with E-state index in [1.807, 2.05) is 24.3 Å². The van der Waals surface area contributed by atoms with Crippen molar-refractivity contribution < 1.29 is 14.3 Å². The van der Waals surface area contributed by atoms with Crippen molar-refractivity contribution in [1.29, 1.82) is 0 Å². The smallest absolute Gasteiger partial charge is 0.407 e. The summed E-state index contributed by atoms with van der Waals surface area (Å²) in [5.41, 5.74) is 1.64. The normalized spacial score (nSPS) is 21.7. The molecule has 1 atom stereocenters. The summed E-state index contributed by atoms with van der Waals surface area (Å²) in [7, 11) is 0. The number of rotatable bonds is 3. The molecule has 1 heterocycles. The lowest BCUT2D eigenvalue weighted by atomic mass is 10.1. The Hall–Kier alpha value is -2.24. The number of carbonyl (C=O) groups excluding carboxylic acids is 2. The molecule has 112 valence electrons. The van der Waals surface area contributed by atoms with E-state index in [1.165, 1.54) is 12.8 Å². The van der Waals surface area contributed by atoms with Gasteiger partial charge in [-0.05, 0) is 30.5 Å². The molecule has 2 fully saturated rings. The Balaban J connectivity index is 1.54. The van der Waals surface area contributed by atoms with Gasteiger partial charge < -0.3 is 20.7 Å². The highest BCUT2D eigenvalue weighted by atomic mass is 16.6. The zero-order chi connectivity index (χ0) is 14.7. The molecule has 3 rings (SSSR count). The predicted molar refractivity (Wildman–Crippen MR) is 78.1 cm³/mol. The van der Waals surface area contributed by atoms with Gasteiger partial charge in [0, 0.05) is 11.7 Å². The summed E-state index contributed by atoms with van der Waals surface area (Å²) in [5.74, 6) is 0. The highest BCUT2D eigenvalue weighted by Crippen LogP contribution is 2.22. The van der Waals surface area contributed by atoms with E-state index in [9.17, 15) is 9.59 Å². The third kappa shape index (κ3) is 3.45. The maximum absolute atomic E-state index is 11.9. The monoisotopic (exact) mass is 289 g/mol. The Morgan fingerprint density at radius 2 is 1.90 bits per heavy atom. The van der Waals surface area contributed by atoms with Crippen LogP contribution in [0.4, 0.5) is 15.3 Å². The third-order valence-electron chi connectivity index (χ3n) is 3.91. The zero-order valence-corrected chi connectivity index (χ0v) is 11.7. The fraction of sp³-hybridized carbons (Fsp3) is 0.467. The fourth-order valence-electron chi connectivity index (χ4n) is 2.78. The van der Waals surface area contributed by atoms with Crippen LogP contribution < -0.4 is 16.0 Å². The van der Waals surface area contributed by atoms with Gasteiger partial charge in [-0.25, -0.2) is 9.59 Å². The summed E-state index contributed by atoms with van der Waals surface area (Å²) in [4.78, 5) is 22.9. The molecule has 0 radical (unpaired) electrons. The Labute approximate surface area is 123 Å². The van der Waals surface area contributed by atoms with Crippen LogP contribution in [0.25, 0.3) is 0 Å². The molecule has 3 amide bonds. The van der Waals surface area contributed by atoms with Gasteiger partial charge in [-0.15, -0.1) is 0 Å². The molecule has 6 heteroatoms.